The minimum atomic E-state index is -0.461. The third-order valence-electron chi connectivity index (χ3n) is 4.14. The SMILES string of the molecule is Cc1cc(NC(=O)CN(C)C(=O)c2nn(C(C)C)c(=O)c3ccccc23)no1. The van der Waals surface area contributed by atoms with Gasteiger partial charge in [0.25, 0.3) is 11.5 Å². The smallest absolute Gasteiger partial charge is 0.275 e. The van der Waals surface area contributed by atoms with Crippen molar-refractivity contribution in [3.05, 3.63) is 52.1 Å². The quantitative estimate of drug-likeness (QED) is 0.721. The second-order valence-electron chi connectivity index (χ2n) is 6.77. The molecule has 0 atom stereocenters. The van der Waals surface area contributed by atoms with Crippen molar-refractivity contribution in [3.63, 3.8) is 0 Å². The lowest BCUT2D eigenvalue weighted by molar-refractivity contribution is -0.116. The van der Waals surface area contributed by atoms with E-state index in [9.17, 15) is 14.4 Å². The molecular weight excluding hydrogens is 362 g/mol. The van der Waals surface area contributed by atoms with Crippen molar-refractivity contribution in [2.24, 2.45) is 0 Å². The van der Waals surface area contributed by atoms with Gasteiger partial charge in [-0.05, 0) is 26.8 Å². The van der Waals surface area contributed by atoms with Gasteiger partial charge in [0.2, 0.25) is 5.91 Å². The molecular formula is C19H21N5O4. The summed E-state index contributed by atoms with van der Waals surface area (Å²) in [6.07, 6.45) is 0. The van der Waals surface area contributed by atoms with Crippen LogP contribution in [0.5, 0.6) is 0 Å². The van der Waals surface area contributed by atoms with Gasteiger partial charge in [0, 0.05) is 18.5 Å². The van der Waals surface area contributed by atoms with Crippen LogP contribution in [0.15, 0.2) is 39.6 Å². The van der Waals surface area contributed by atoms with E-state index in [4.69, 9.17) is 4.52 Å². The fourth-order valence-electron chi connectivity index (χ4n) is 2.79. The van der Waals surface area contributed by atoms with Crippen LogP contribution in [0.4, 0.5) is 5.82 Å². The number of aryl methyl sites for hydroxylation is 1. The number of anilines is 1. The van der Waals surface area contributed by atoms with Crippen molar-refractivity contribution in [2.75, 3.05) is 18.9 Å². The Bertz CT molecular complexity index is 1100. The summed E-state index contributed by atoms with van der Waals surface area (Å²) in [6, 6.07) is 8.17. The number of likely N-dealkylation sites (N-methyl/N-ethyl adjacent to an activating group) is 1. The lowest BCUT2D eigenvalue weighted by Gasteiger charge is -2.18. The summed E-state index contributed by atoms with van der Waals surface area (Å²) in [5.41, 5.74) is -0.138. The van der Waals surface area contributed by atoms with Crippen LogP contribution in [0, 0.1) is 6.92 Å². The number of rotatable bonds is 5. The van der Waals surface area contributed by atoms with Gasteiger partial charge in [-0.25, -0.2) is 4.68 Å². The predicted molar refractivity (Wildman–Crippen MR) is 103 cm³/mol. The highest BCUT2D eigenvalue weighted by molar-refractivity contribution is 6.06. The Morgan fingerprint density at radius 1 is 1.25 bits per heavy atom. The minimum absolute atomic E-state index is 0.122. The van der Waals surface area contributed by atoms with Gasteiger partial charge in [-0.2, -0.15) is 5.10 Å². The maximum absolute atomic E-state index is 13.0. The van der Waals surface area contributed by atoms with Crippen molar-refractivity contribution in [3.8, 4) is 0 Å². The van der Waals surface area contributed by atoms with Gasteiger partial charge in [-0.3, -0.25) is 14.4 Å². The van der Waals surface area contributed by atoms with Crippen molar-refractivity contribution in [1.29, 1.82) is 0 Å². The summed E-state index contributed by atoms with van der Waals surface area (Å²) < 4.78 is 6.17. The summed E-state index contributed by atoms with van der Waals surface area (Å²) in [4.78, 5) is 39.0. The van der Waals surface area contributed by atoms with Gasteiger partial charge in [0.05, 0.1) is 18.0 Å². The van der Waals surface area contributed by atoms with Crippen LogP contribution in [0.3, 0.4) is 0 Å². The molecule has 0 bridgehead atoms. The van der Waals surface area contributed by atoms with E-state index in [1.54, 1.807) is 37.3 Å². The predicted octanol–water partition coefficient (Wildman–Crippen LogP) is 1.98. The summed E-state index contributed by atoms with van der Waals surface area (Å²) in [5, 5.41) is 11.4. The lowest BCUT2D eigenvalue weighted by atomic mass is 10.1. The van der Waals surface area contributed by atoms with E-state index in [1.165, 1.54) is 16.6 Å². The van der Waals surface area contributed by atoms with Crippen molar-refractivity contribution >= 4 is 28.4 Å². The first-order valence-corrected chi connectivity index (χ1v) is 8.78. The molecule has 2 aromatic heterocycles. The molecule has 0 fully saturated rings. The van der Waals surface area contributed by atoms with E-state index < -0.39 is 11.8 Å². The van der Waals surface area contributed by atoms with Crippen LogP contribution in [0.1, 0.15) is 36.1 Å². The Kier molecular flexibility index (Phi) is 5.25. The molecule has 146 valence electrons. The van der Waals surface area contributed by atoms with Crippen LogP contribution in [0.2, 0.25) is 0 Å². The summed E-state index contributed by atoms with van der Waals surface area (Å²) in [5.74, 6) is -0.0469. The number of hydrogen-bond acceptors (Lipinski definition) is 6. The molecule has 0 saturated heterocycles. The van der Waals surface area contributed by atoms with Crippen LogP contribution < -0.4 is 10.9 Å². The normalized spacial score (nSPS) is 11.0. The molecule has 2 heterocycles. The zero-order chi connectivity index (χ0) is 20.4. The highest BCUT2D eigenvalue weighted by Crippen LogP contribution is 2.16. The standard InChI is InChI=1S/C19H21N5O4/c1-11(2)24-18(26)14-8-6-5-7-13(14)17(21-24)19(27)23(4)10-16(25)20-15-9-12(3)28-22-15/h5-9,11H,10H2,1-4H3,(H,20,22,25). The maximum atomic E-state index is 13.0. The fourth-order valence-corrected chi connectivity index (χ4v) is 2.79. The van der Waals surface area contributed by atoms with E-state index in [2.05, 4.69) is 15.6 Å². The van der Waals surface area contributed by atoms with E-state index in [-0.39, 0.29) is 29.7 Å². The second kappa shape index (κ2) is 7.63. The summed E-state index contributed by atoms with van der Waals surface area (Å²) >= 11 is 0. The third kappa shape index (κ3) is 3.78. The van der Waals surface area contributed by atoms with E-state index in [0.717, 1.165) is 0 Å². The minimum Gasteiger partial charge on any atom is -0.360 e. The number of nitrogens with zero attached hydrogens (tertiary/aromatic N) is 4. The molecule has 0 saturated carbocycles. The molecule has 0 unspecified atom stereocenters. The largest absolute Gasteiger partial charge is 0.360 e. The number of nitrogens with one attached hydrogen (secondary N) is 1. The van der Waals surface area contributed by atoms with Gasteiger partial charge in [-0.15, -0.1) is 0 Å². The van der Waals surface area contributed by atoms with Crippen LogP contribution in [-0.4, -0.2) is 45.2 Å². The first-order chi connectivity index (χ1) is 13.3. The van der Waals surface area contributed by atoms with E-state index in [1.807, 2.05) is 13.8 Å². The third-order valence-corrected chi connectivity index (χ3v) is 4.14. The summed E-state index contributed by atoms with van der Waals surface area (Å²) in [7, 11) is 1.50. The molecule has 3 rings (SSSR count). The van der Waals surface area contributed by atoms with E-state index in [0.29, 0.717) is 16.5 Å². The van der Waals surface area contributed by atoms with Gasteiger partial charge < -0.3 is 14.7 Å². The topological polar surface area (TPSA) is 110 Å². The van der Waals surface area contributed by atoms with Gasteiger partial charge in [0.1, 0.15) is 5.76 Å². The number of fused-ring (bicyclic) bond motifs is 1. The molecule has 0 aliphatic carbocycles. The lowest BCUT2D eigenvalue weighted by Crippen LogP contribution is -2.37. The molecule has 0 aliphatic heterocycles. The Morgan fingerprint density at radius 2 is 1.93 bits per heavy atom. The zero-order valence-corrected chi connectivity index (χ0v) is 16.1. The Labute approximate surface area is 160 Å². The monoisotopic (exact) mass is 383 g/mol. The number of amides is 2. The molecule has 9 nitrogen and oxygen atoms in total. The Hall–Kier alpha value is -3.49. The molecule has 0 spiro atoms. The number of benzene rings is 1. The first-order valence-electron chi connectivity index (χ1n) is 8.78. The summed E-state index contributed by atoms with van der Waals surface area (Å²) in [6.45, 7) is 5.13. The molecule has 28 heavy (non-hydrogen) atoms. The number of aromatic nitrogens is 3. The average molecular weight is 383 g/mol. The van der Waals surface area contributed by atoms with Crippen molar-refractivity contribution in [2.45, 2.75) is 26.8 Å². The zero-order valence-electron chi connectivity index (χ0n) is 16.1. The average Bonchev–Trinajstić information content (AvgIpc) is 3.05. The molecule has 9 heteroatoms. The highest BCUT2D eigenvalue weighted by Gasteiger charge is 2.22. The van der Waals surface area contributed by atoms with Crippen LogP contribution >= 0.6 is 0 Å². The molecule has 2 amide bonds. The molecule has 1 aromatic carbocycles. The van der Waals surface area contributed by atoms with E-state index >= 15 is 0 Å². The van der Waals surface area contributed by atoms with Crippen molar-refractivity contribution < 1.29 is 14.1 Å². The van der Waals surface area contributed by atoms with Crippen LogP contribution in [0.25, 0.3) is 10.8 Å². The van der Waals surface area contributed by atoms with Gasteiger partial charge in [0.15, 0.2) is 11.5 Å². The molecule has 0 aliphatic rings. The van der Waals surface area contributed by atoms with Gasteiger partial charge >= 0.3 is 0 Å². The maximum Gasteiger partial charge on any atom is 0.275 e. The van der Waals surface area contributed by atoms with Gasteiger partial charge in [-0.1, -0.05) is 23.4 Å². The van der Waals surface area contributed by atoms with Crippen molar-refractivity contribution in [1.82, 2.24) is 19.8 Å². The number of carbonyl (C=O) groups is 2. The van der Waals surface area contributed by atoms with Crippen LogP contribution in [-0.2, 0) is 4.79 Å². The first kappa shape index (κ1) is 19.3. The second-order valence-corrected chi connectivity index (χ2v) is 6.77. The Morgan fingerprint density at radius 3 is 2.54 bits per heavy atom. The fraction of sp³-hybridized carbons (Fsp3) is 0.316. The molecule has 3 aromatic rings. The highest BCUT2D eigenvalue weighted by atomic mass is 16.5. The molecule has 0 radical (unpaired) electrons. The Balaban J connectivity index is 1.88. The number of carbonyl (C=O) groups excluding carboxylic acids is 2. The number of hydrogen-bond donors (Lipinski definition) is 1. The molecule has 1 N–H and O–H groups in total.